The van der Waals surface area contributed by atoms with E-state index in [0.717, 1.165) is 148 Å². The van der Waals surface area contributed by atoms with E-state index < -0.39 is 6.04 Å². The average molecular weight is 800 g/mol. The van der Waals surface area contributed by atoms with Crippen molar-refractivity contribution in [2.45, 2.75) is 89.3 Å². The number of H-pyrrole nitrogens is 1. The van der Waals surface area contributed by atoms with Crippen molar-refractivity contribution < 1.29 is 14.3 Å². The molecular weight excluding hydrogens is 743 g/mol. The van der Waals surface area contributed by atoms with Crippen LogP contribution in [0.5, 0.6) is 5.75 Å². The molecule has 1 atom stereocenters. The van der Waals surface area contributed by atoms with Crippen LogP contribution in [-0.4, -0.2) is 121 Å². The number of nitrogens with zero attached hydrogens (tertiary/aromatic N) is 9. The number of carbonyl (C=O) groups excluding carboxylic acids is 2. The Hall–Kier alpha value is -5.08. The molecule has 2 aromatic carbocycles. The third kappa shape index (κ3) is 7.77. The molecule has 10 rings (SSSR count). The number of imidazole rings is 1. The number of hydrogen-bond donors (Lipinski definition) is 2. The first-order chi connectivity index (χ1) is 28.6. The lowest BCUT2D eigenvalue weighted by atomic mass is 9.90. The van der Waals surface area contributed by atoms with Gasteiger partial charge in [0.1, 0.15) is 40.7 Å². The van der Waals surface area contributed by atoms with Gasteiger partial charge in [0.2, 0.25) is 11.8 Å². The van der Waals surface area contributed by atoms with Gasteiger partial charge in [-0.05, 0) is 108 Å². The van der Waals surface area contributed by atoms with Gasteiger partial charge < -0.3 is 19.1 Å². The molecule has 5 aromatic rings. The predicted octanol–water partition coefficient (Wildman–Crippen LogP) is 5.81. The van der Waals surface area contributed by atoms with Gasteiger partial charge in [0.25, 0.3) is 0 Å². The number of piperidine rings is 3. The molecule has 0 bridgehead atoms. The molecule has 5 fully saturated rings. The highest BCUT2D eigenvalue weighted by atomic mass is 16.5. The highest BCUT2D eigenvalue weighted by Crippen LogP contribution is 2.41. The molecule has 1 unspecified atom stereocenters. The summed E-state index contributed by atoms with van der Waals surface area (Å²) in [5, 5.41) is 11.3. The van der Waals surface area contributed by atoms with Gasteiger partial charge in [-0.1, -0.05) is 6.07 Å². The summed E-state index contributed by atoms with van der Waals surface area (Å²) in [5.41, 5.74) is 5.76. The van der Waals surface area contributed by atoms with E-state index in [2.05, 4.69) is 85.1 Å². The molecule has 1 aliphatic carbocycles. The molecule has 5 aliphatic rings. The largest absolute Gasteiger partial charge is 0.488 e. The number of imide groups is 1. The second-order valence-electron chi connectivity index (χ2n) is 18.7. The van der Waals surface area contributed by atoms with Gasteiger partial charge in [0.05, 0.1) is 28.7 Å². The Kier molecular flexibility index (Phi) is 9.82. The standard InChI is InChI=1S/C45H57N11O3/c1-44(2)27-52(25-30-11-17-53(18-12-30)36-5-4-6-37-42(36)48-29-56(37)38-9-10-40(57)49-43(38)58)21-22-55(44)26-31-13-19-54(20-14-31)39-24-35(46-28-47-39)41-33-23-32(59-45(3)15-16-45)7-8-34(33)50-51-41/h4-8,23-24,28-31,38H,9-22,25-27H2,1-3H3,(H,50,51)(H,49,57,58). The Labute approximate surface area is 345 Å². The zero-order chi connectivity index (χ0) is 40.3. The molecule has 0 spiro atoms. The van der Waals surface area contributed by atoms with Crippen LogP contribution in [0.4, 0.5) is 11.5 Å². The van der Waals surface area contributed by atoms with Crippen LogP contribution in [0.15, 0.2) is 55.1 Å². The van der Waals surface area contributed by atoms with Crippen LogP contribution in [0.3, 0.4) is 0 Å². The Balaban J connectivity index is 0.703. The molecule has 7 heterocycles. The second kappa shape index (κ2) is 15.2. The number of rotatable bonds is 10. The summed E-state index contributed by atoms with van der Waals surface area (Å²) in [6.45, 7) is 16.7. The van der Waals surface area contributed by atoms with Crippen LogP contribution in [0.2, 0.25) is 0 Å². The summed E-state index contributed by atoms with van der Waals surface area (Å²) in [6, 6.07) is 14.1. The zero-order valence-corrected chi connectivity index (χ0v) is 34.7. The van der Waals surface area contributed by atoms with Crippen molar-refractivity contribution >= 4 is 45.3 Å². The highest BCUT2D eigenvalue weighted by Gasteiger charge is 2.40. The van der Waals surface area contributed by atoms with Crippen LogP contribution in [0.1, 0.15) is 78.2 Å². The van der Waals surface area contributed by atoms with Gasteiger partial charge in [-0.25, -0.2) is 15.0 Å². The minimum absolute atomic E-state index is 0.0355. The molecule has 59 heavy (non-hydrogen) atoms. The van der Waals surface area contributed by atoms with E-state index in [1.165, 1.54) is 0 Å². The Morgan fingerprint density at radius 3 is 2.37 bits per heavy atom. The van der Waals surface area contributed by atoms with Gasteiger partial charge in [0, 0.05) is 82.3 Å². The summed E-state index contributed by atoms with van der Waals surface area (Å²) in [5.74, 6) is 2.76. The van der Waals surface area contributed by atoms with Gasteiger partial charge >= 0.3 is 0 Å². The molecule has 1 saturated carbocycles. The maximum atomic E-state index is 12.6. The Morgan fingerprint density at radius 2 is 1.61 bits per heavy atom. The topological polar surface area (TPSA) is 141 Å². The fourth-order valence-corrected chi connectivity index (χ4v) is 10.1. The number of nitrogens with one attached hydrogen (secondary N) is 2. The minimum atomic E-state index is -0.401. The smallest absolute Gasteiger partial charge is 0.249 e. The molecule has 2 N–H and O–H groups in total. The lowest BCUT2D eigenvalue weighted by Crippen LogP contribution is -2.61. The summed E-state index contributed by atoms with van der Waals surface area (Å²) < 4.78 is 8.19. The van der Waals surface area contributed by atoms with Crippen molar-refractivity contribution in [2.24, 2.45) is 11.8 Å². The number of carbonyl (C=O) groups is 2. The molecular formula is C45H57N11O3. The number of aromatic amines is 1. The van der Waals surface area contributed by atoms with Crippen molar-refractivity contribution in [3.05, 3.63) is 55.1 Å². The molecule has 2 amide bonds. The van der Waals surface area contributed by atoms with Gasteiger partial charge in [-0.15, -0.1) is 0 Å². The van der Waals surface area contributed by atoms with Gasteiger partial charge in [-0.3, -0.25) is 29.8 Å². The molecule has 4 aliphatic heterocycles. The number of piperazine rings is 1. The summed E-state index contributed by atoms with van der Waals surface area (Å²) in [4.78, 5) is 48.9. The fourth-order valence-electron chi connectivity index (χ4n) is 10.1. The molecule has 4 saturated heterocycles. The van der Waals surface area contributed by atoms with Crippen LogP contribution in [-0.2, 0) is 9.59 Å². The van der Waals surface area contributed by atoms with E-state index >= 15 is 0 Å². The van der Waals surface area contributed by atoms with Crippen LogP contribution < -0.4 is 19.9 Å². The van der Waals surface area contributed by atoms with Crippen molar-refractivity contribution in [1.82, 2.24) is 44.8 Å². The van der Waals surface area contributed by atoms with E-state index in [1.54, 1.807) is 12.7 Å². The van der Waals surface area contributed by atoms with Gasteiger partial charge in [-0.2, -0.15) is 5.10 Å². The third-order valence-corrected chi connectivity index (χ3v) is 13.9. The van der Waals surface area contributed by atoms with Crippen LogP contribution >= 0.6 is 0 Å². The lowest BCUT2D eigenvalue weighted by Gasteiger charge is -2.50. The normalized spacial score (nSPS) is 23.3. The van der Waals surface area contributed by atoms with E-state index in [4.69, 9.17) is 14.7 Å². The molecule has 310 valence electrons. The Morgan fingerprint density at radius 1 is 0.831 bits per heavy atom. The number of para-hydroxylation sites is 1. The minimum Gasteiger partial charge on any atom is -0.488 e. The first-order valence-electron chi connectivity index (χ1n) is 21.8. The van der Waals surface area contributed by atoms with E-state index in [9.17, 15) is 9.59 Å². The van der Waals surface area contributed by atoms with Crippen LogP contribution in [0.25, 0.3) is 33.3 Å². The molecule has 14 nitrogen and oxygen atoms in total. The number of aromatic nitrogens is 6. The Bertz CT molecular complexity index is 2350. The predicted molar refractivity (Wildman–Crippen MR) is 229 cm³/mol. The number of fused-ring (bicyclic) bond motifs is 2. The first kappa shape index (κ1) is 38.1. The van der Waals surface area contributed by atoms with Crippen LogP contribution in [0, 0.1) is 11.8 Å². The molecule has 0 radical (unpaired) electrons. The lowest BCUT2D eigenvalue weighted by molar-refractivity contribution is -0.135. The van der Waals surface area contributed by atoms with E-state index in [0.29, 0.717) is 24.7 Å². The first-order valence-corrected chi connectivity index (χ1v) is 21.8. The van der Waals surface area contributed by atoms with Crippen molar-refractivity contribution in [3.8, 4) is 17.1 Å². The third-order valence-electron chi connectivity index (χ3n) is 13.9. The van der Waals surface area contributed by atoms with Gasteiger partial charge in [0.15, 0.2) is 0 Å². The maximum absolute atomic E-state index is 12.6. The summed E-state index contributed by atoms with van der Waals surface area (Å²) in [6.07, 6.45) is 11.1. The van der Waals surface area contributed by atoms with E-state index in [1.807, 2.05) is 22.8 Å². The molecule has 3 aromatic heterocycles. The summed E-state index contributed by atoms with van der Waals surface area (Å²) in [7, 11) is 0. The zero-order valence-electron chi connectivity index (χ0n) is 34.7. The average Bonchev–Trinajstić information content (AvgIpc) is 3.58. The number of ether oxygens (including phenoxy) is 1. The maximum Gasteiger partial charge on any atom is 0.249 e. The number of benzene rings is 2. The monoisotopic (exact) mass is 799 g/mol. The fraction of sp³-hybridized carbons (Fsp3) is 0.556. The second-order valence-corrected chi connectivity index (χ2v) is 18.7. The summed E-state index contributed by atoms with van der Waals surface area (Å²) >= 11 is 0. The quantitative estimate of drug-likeness (QED) is 0.166. The number of hydrogen-bond acceptors (Lipinski definition) is 11. The van der Waals surface area contributed by atoms with E-state index in [-0.39, 0.29) is 23.0 Å². The number of amides is 2. The van der Waals surface area contributed by atoms with Crippen molar-refractivity contribution in [3.63, 3.8) is 0 Å². The van der Waals surface area contributed by atoms with Crippen molar-refractivity contribution in [2.75, 3.05) is 68.7 Å². The highest BCUT2D eigenvalue weighted by molar-refractivity contribution is 6.00. The molecule has 14 heteroatoms. The number of anilines is 2. The van der Waals surface area contributed by atoms with Crippen molar-refractivity contribution in [1.29, 1.82) is 0 Å². The SMILES string of the molecule is CC1(Oc2ccc3[nH]nc(-c4cc(N5CCC(CN6CCN(CC7CCN(c8cccc9c8ncn9C8CCC(=O)NC8=O)CC7)CC6(C)C)CC5)ncn4)c3c2)CC1.